The number of unbranched alkanes of at least 4 members (excludes halogenated alkanes) is 1. The zero-order valence-corrected chi connectivity index (χ0v) is 11.3. The molecule has 0 aromatic heterocycles. The van der Waals surface area contributed by atoms with Crippen molar-refractivity contribution in [1.82, 2.24) is 5.32 Å². The van der Waals surface area contributed by atoms with E-state index in [1.165, 1.54) is 11.3 Å². The fourth-order valence-corrected chi connectivity index (χ4v) is 2.33. The molecule has 1 aromatic carbocycles. The number of Topliss-reactive ketones (excluding diaryl/α,β-unsaturated/α-hetero) is 1. The molecule has 0 aliphatic carbocycles. The molecule has 1 aliphatic rings. The minimum absolute atomic E-state index is 0.188. The quantitative estimate of drug-likeness (QED) is 0.599. The van der Waals surface area contributed by atoms with Gasteiger partial charge in [-0.15, -0.1) is 0 Å². The van der Waals surface area contributed by atoms with Gasteiger partial charge >= 0.3 is 0 Å². The monoisotopic (exact) mass is 246 g/mol. The molecule has 0 spiro atoms. The van der Waals surface area contributed by atoms with Crippen molar-refractivity contribution in [1.29, 1.82) is 0 Å². The largest absolute Gasteiger partial charge is 0.382 e. The Balaban J connectivity index is 1.93. The minimum Gasteiger partial charge on any atom is -0.382 e. The van der Waals surface area contributed by atoms with Crippen LogP contribution in [0.1, 0.15) is 42.6 Å². The first-order valence-corrected chi connectivity index (χ1v) is 6.84. The van der Waals surface area contributed by atoms with Crippen LogP contribution >= 0.6 is 0 Å². The lowest BCUT2D eigenvalue weighted by Gasteiger charge is -2.05. The van der Waals surface area contributed by atoms with E-state index in [1.54, 1.807) is 0 Å². The highest BCUT2D eigenvalue weighted by atomic mass is 16.1. The topological polar surface area (TPSA) is 41.1 Å². The molecule has 1 heterocycles. The first-order valence-electron chi connectivity index (χ1n) is 6.84. The van der Waals surface area contributed by atoms with Crippen molar-refractivity contribution in [2.24, 2.45) is 0 Å². The predicted octanol–water partition coefficient (Wildman–Crippen LogP) is 2.62. The van der Waals surface area contributed by atoms with Crippen LogP contribution in [0.2, 0.25) is 0 Å². The van der Waals surface area contributed by atoms with E-state index in [9.17, 15) is 4.79 Å². The van der Waals surface area contributed by atoms with Gasteiger partial charge < -0.3 is 10.6 Å². The zero-order chi connectivity index (χ0) is 13.0. The summed E-state index contributed by atoms with van der Waals surface area (Å²) in [6.07, 6.45) is 3.29. The molecule has 0 saturated heterocycles. The Bertz CT molecular complexity index is 429. The van der Waals surface area contributed by atoms with E-state index in [2.05, 4.69) is 24.5 Å². The molecule has 1 aliphatic heterocycles. The Labute approximate surface area is 109 Å². The average molecular weight is 246 g/mol. The van der Waals surface area contributed by atoms with E-state index >= 15 is 0 Å². The second-order valence-electron chi connectivity index (χ2n) is 5.07. The summed E-state index contributed by atoms with van der Waals surface area (Å²) in [5, 5.41) is 6.59. The third-order valence-electron chi connectivity index (χ3n) is 3.35. The van der Waals surface area contributed by atoms with Gasteiger partial charge in [-0.1, -0.05) is 13.3 Å². The van der Waals surface area contributed by atoms with Crippen LogP contribution in [0, 0.1) is 0 Å². The molecule has 18 heavy (non-hydrogen) atoms. The van der Waals surface area contributed by atoms with Crippen molar-refractivity contribution in [3.8, 4) is 0 Å². The second-order valence-corrected chi connectivity index (χ2v) is 5.07. The lowest BCUT2D eigenvalue weighted by Crippen LogP contribution is -2.24. The number of carbonyl (C=O) groups excluding carboxylic acids is 1. The van der Waals surface area contributed by atoms with Crippen molar-refractivity contribution >= 4 is 11.5 Å². The molecular weight excluding hydrogens is 224 g/mol. The Morgan fingerprint density at radius 3 is 3.11 bits per heavy atom. The van der Waals surface area contributed by atoms with Gasteiger partial charge in [-0.05, 0) is 50.1 Å². The SMILES string of the molecule is CCCCNCC(=O)c1ccc2c(c1)CC(C)N2. The van der Waals surface area contributed by atoms with Gasteiger partial charge in [0, 0.05) is 17.3 Å². The number of ketones is 1. The van der Waals surface area contributed by atoms with Crippen molar-refractivity contribution in [2.45, 2.75) is 39.2 Å². The van der Waals surface area contributed by atoms with E-state index in [0.29, 0.717) is 12.6 Å². The molecule has 0 amide bonds. The molecular formula is C15H22N2O. The van der Waals surface area contributed by atoms with Gasteiger partial charge in [-0.25, -0.2) is 0 Å². The van der Waals surface area contributed by atoms with Gasteiger partial charge in [-0.2, -0.15) is 0 Å². The molecule has 3 nitrogen and oxygen atoms in total. The third-order valence-corrected chi connectivity index (χ3v) is 3.35. The normalized spacial score (nSPS) is 17.3. The highest BCUT2D eigenvalue weighted by Gasteiger charge is 2.17. The van der Waals surface area contributed by atoms with E-state index in [-0.39, 0.29) is 5.78 Å². The first-order chi connectivity index (χ1) is 8.70. The predicted molar refractivity (Wildman–Crippen MR) is 75.3 cm³/mol. The van der Waals surface area contributed by atoms with Crippen LogP contribution in [0.5, 0.6) is 0 Å². The highest BCUT2D eigenvalue weighted by Crippen LogP contribution is 2.26. The van der Waals surface area contributed by atoms with Gasteiger partial charge in [0.2, 0.25) is 0 Å². The Morgan fingerprint density at radius 1 is 1.50 bits per heavy atom. The minimum atomic E-state index is 0.188. The number of hydrogen-bond donors (Lipinski definition) is 2. The maximum atomic E-state index is 12.0. The van der Waals surface area contributed by atoms with Gasteiger partial charge in [0.05, 0.1) is 6.54 Å². The molecule has 98 valence electrons. The fourth-order valence-electron chi connectivity index (χ4n) is 2.33. The summed E-state index contributed by atoms with van der Waals surface area (Å²) in [6, 6.07) is 6.47. The number of hydrogen-bond acceptors (Lipinski definition) is 3. The van der Waals surface area contributed by atoms with E-state index < -0.39 is 0 Å². The van der Waals surface area contributed by atoms with Crippen molar-refractivity contribution in [2.75, 3.05) is 18.4 Å². The standard InChI is InChI=1S/C15H22N2O/c1-3-4-7-16-10-15(18)12-5-6-14-13(9-12)8-11(2)17-14/h5-6,9,11,16-17H,3-4,7-8,10H2,1-2H3. The molecule has 1 atom stereocenters. The average Bonchev–Trinajstić information content (AvgIpc) is 2.73. The van der Waals surface area contributed by atoms with Crippen LogP contribution in [0.15, 0.2) is 18.2 Å². The summed E-state index contributed by atoms with van der Waals surface area (Å²) in [7, 11) is 0. The van der Waals surface area contributed by atoms with Gasteiger partial charge in [0.15, 0.2) is 5.78 Å². The third kappa shape index (κ3) is 3.10. The fraction of sp³-hybridized carbons (Fsp3) is 0.533. The molecule has 3 heteroatoms. The molecule has 0 radical (unpaired) electrons. The lowest BCUT2D eigenvalue weighted by atomic mass is 10.0. The van der Waals surface area contributed by atoms with Crippen molar-refractivity contribution in [3.63, 3.8) is 0 Å². The Hall–Kier alpha value is -1.35. The molecule has 2 N–H and O–H groups in total. The maximum Gasteiger partial charge on any atom is 0.176 e. The molecule has 0 saturated carbocycles. The number of anilines is 1. The number of carbonyl (C=O) groups is 1. The summed E-state index contributed by atoms with van der Waals surface area (Å²) in [4.78, 5) is 12.0. The Morgan fingerprint density at radius 2 is 2.33 bits per heavy atom. The van der Waals surface area contributed by atoms with Crippen molar-refractivity contribution in [3.05, 3.63) is 29.3 Å². The zero-order valence-electron chi connectivity index (χ0n) is 11.3. The molecule has 0 bridgehead atoms. The highest BCUT2D eigenvalue weighted by molar-refractivity contribution is 5.98. The van der Waals surface area contributed by atoms with E-state index in [0.717, 1.165) is 31.4 Å². The first kappa shape index (κ1) is 13.1. The van der Waals surface area contributed by atoms with Crippen LogP contribution in [0.3, 0.4) is 0 Å². The number of benzene rings is 1. The van der Waals surface area contributed by atoms with Crippen LogP contribution in [0.25, 0.3) is 0 Å². The molecule has 0 fully saturated rings. The lowest BCUT2D eigenvalue weighted by molar-refractivity contribution is 0.0991. The van der Waals surface area contributed by atoms with Crippen LogP contribution < -0.4 is 10.6 Å². The molecule has 1 unspecified atom stereocenters. The summed E-state index contributed by atoms with van der Waals surface area (Å²) in [5.74, 6) is 0.188. The summed E-state index contributed by atoms with van der Waals surface area (Å²) < 4.78 is 0. The summed E-state index contributed by atoms with van der Waals surface area (Å²) in [6.45, 7) is 5.68. The maximum absolute atomic E-state index is 12.0. The molecule has 1 aromatic rings. The van der Waals surface area contributed by atoms with E-state index in [4.69, 9.17) is 0 Å². The smallest absolute Gasteiger partial charge is 0.176 e. The Kier molecular flexibility index (Phi) is 4.37. The van der Waals surface area contributed by atoms with Gasteiger partial charge in [0.25, 0.3) is 0 Å². The van der Waals surface area contributed by atoms with Crippen LogP contribution in [-0.4, -0.2) is 24.9 Å². The van der Waals surface area contributed by atoms with Crippen LogP contribution in [-0.2, 0) is 6.42 Å². The van der Waals surface area contributed by atoms with Crippen LogP contribution in [0.4, 0.5) is 5.69 Å². The number of rotatable bonds is 6. The summed E-state index contributed by atoms with van der Waals surface area (Å²) >= 11 is 0. The van der Waals surface area contributed by atoms with E-state index in [1.807, 2.05) is 18.2 Å². The summed E-state index contributed by atoms with van der Waals surface area (Å²) in [5.41, 5.74) is 3.27. The van der Waals surface area contributed by atoms with Crippen molar-refractivity contribution < 1.29 is 4.79 Å². The second kappa shape index (κ2) is 6.01. The number of nitrogens with one attached hydrogen (secondary N) is 2. The van der Waals surface area contributed by atoms with Gasteiger partial charge in [-0.3, -0.25) is 4.79 Å². The molecule has 2 rings (SSSR count). The van der Waals surface area contributed by atoms with Gasteiger partial charge in [0.1, 0.15) is 0 Å². The number of fused-ring (bicyclic) bond motifs is 1.